The van der Waals surface area contributed by atoms with Crippen molar-refractivity contribution in [2.24, 2.45) is 5.73 Å². The van der Waals surface area contributed by atoms with E-state index >= 15 is 0 Å². The summed E-state index contributed by atoms with van der Waals surface area (Å²) in [4.78, 5) is 0. The zero-order valence-electron chi connectivity index (χ0n) is 9.54. The van der Waals surface area contributed by atoms with Crippen molar-refractivity contribution < 1.29 is 9.47 Å². The van der Waals surface area contributed by atoms with E-state index in [-0.39, 0.29) is 0 Å². The fourth-order valence-electron chi connectivity index (χ4n) is 1.35. The van der Waals surface area contributed by atoms with Crippen LogP contribution < -0.4 is 10.5 Å². The predicted molar refractivity (Wildman–Crippen MR) is 68.9 cm³/mol. The van der Waals surface area contributed by atoms with E-state index in [1.54, 1.807) is 0 Å². The first-order valence-corrected chi connectivity index (χ1v) is 6.26. The van der Waals surface area contributed by atoms with E-state index in [4.69, 9.17) is 15.2 Å². The molecule has 0 unspecified atom stereocenters. The third kappa shape index (κ3) is 4.51. The summed E-state index contributed by atoms with van der Waals surface area (Å²) in [7, 11) is 0. The molecule has 0 aliphatic rings. The summed E-state index contributed by atoms with van der Waals surface area (Å²) < 4.78 is 11.8. The lowest BCUT2D eigenvalue weighted by Crippen LogP contribution is -2.07. The molecule has 0 heterocycles. The summed E-state index contributed by atoms with van der Waals surface area (Å²) in [6.07, 6.45) is 0.850. The molecule has 1 rings (SSSR count). The van der Waals surface area contributed by atoms with Crippen molar-refractivity contribution in [3.05, 3.63) is 28.2 Å². The van der Waals surface area contributed by atoms with Gasteiger partial charge in [0.25, 0.3) is 0 Å². The third-order valence-electron chi connectivity index (χ3n) is 2.13. The normalized spacial score (nSPS) is 10.4. The third-order valence-corrected chi connectivity index (χ3v) is 2.90. The molecule has 1 aromatic carbocycles. The smallest absolute Gasteiger partial charge is 0.119 e. The summed E-state index contributed by atoms with van der Waals surface area (Å²) in [6, 6.07) is 5.94. The molecule has 0 bridgehead atoms. The van der Waals surface area contributed by atoms with E-state index in [1.807, 2.05) is 25.1 Å². The van der Waals surface area contributed by atoms with Gasteiger partial charge < -0.3 is 15.2 Å². The number of hydrogen-bond acceptors (Lipinski definition) is 3. The lowest BCUT2D eigenvalue weighted by atomic mass is 10.1. The van der Waals surface area contributed by atoms with Crippen LogP contribution in [0.4, 0.5) is 0 Å². The second-order valence-corrected chi connectivity index (χ2v) is 4.19. The van der Waals surface area contributed by atoms with Gasteiger partial charge >= 0.3 is 0 Å². The van der Waals surface area contributed by atoms with Crippen LogP contribution in [0.2, 0.25) is 0 Å². The van der Waals surface area contributed by atoms with Crippen LogP contribution in [0.5, 0.6) is 5.75 Å². The van der Waals surface area contributed by atoms with Crippen molar-refractivity contribution in [1.82, 2.24) is 0 Å². The van der Waals surface area contributed by atoms with E-state index in [0.29, 0.717) is 19.8 Å². The van der Waals surface area contributed by atoms with Crippen molar-refractivity contribution in [1.29, 1.82) is 0 Å². The Kier molecular flexibility index (Phi) is 6.45. The minimum atomic E-state index is 0.581. The van der Waals surface area contributed by atoms with Crippen LogP contribution in [-0.2, 0) is 11.2 Å². The van der Waals surface area contributed by atoms with Gasteiger partial charge in [-0.25, -0.2) is 0 Å². The average molecular weight is 288 g/mol. The van der Waals surface area contributed by atoms with Crippen LogP contribution >= 0.6 is 15.9 Å². The van der Waals surface area contributed by atoms with E-state index in [2.05, 4.69) is 15.9 Å². The van der Waals surface area contributed by atoms with Gasteiger partial charge in [0.15, 0.2) is 0 Å². The van der Waals surface area contributed by atoms with Crippen LogP contribution in [-0.4, -0.2) is 26.4 Å². The number of rotatable bonds is 7. The molecule has 0 aliphatic heterocycles. The molecule has 4 heteroatoms. The summed E-state index contributed by atoms with van der Waals surface area (Å²) >= 11 is 3.49. The molecule has 16 heavy (non-hydrogen) atoms. The van der Waals surface area contributed by atoms with Crippen LogP contribution in [0, 0.1) is 0 Å². The van der Waals surface area contributed by atoms with Crippen LogP contribution in [0.1, 0.15) is 12.5 Å². The summed E-state index contributed by atoms with van der Waals surface area (Å²) in [6.45, 7) is 4.54. The number of benzene rings is 1. The summed E-state index contributed by atoms with van der Waals surface area (Å²) in [5.41, 5.74) is 6.71. The highest BCUT2D eigenvalue weighted by atomic mass is 79.9. The summed E-state index contributed by atoms with van der Waals surface area (Å²) in [5, 5.41) is 0. The van der Waals surface area contributed by atoms with Crippen molar-refractivity contribution in [2.45, 2.75) is 13.3 Å². The molecule has 0 spiro atoms. The fourth-order valence-corrected chi connectivity index (χ4v) is 1.80. The SMILES string of the molecule is CCOCCOc1ccc(Br)c(CCN)c1. The molecule has 0 amide bonds. The minimum absolute atomic E-state index is 0.581. The molecule has 0 atom stereocenters. The Morgan fingerprint density at radius 2 is 2.12 bits per heavy atom. The molecular weight excluding hydrogens is 270 g/mol. The van der Waals surface area contributed by atoms with E-state index in [0.717, 1.165) is 23.2 Å². The van der Waals surface area contributed by atoms with Crippen molar-refractivity contribution in [3.63, 3.8) is 0 Å². The lowest BCUT2D eigenvalue weighted by Gasteiger charge is -2.09. The van der Waals surface area contributed by atoms with Crippen molar-refractivity contribution in [2.75, 3.05) is 26.4 Å². The number of halogens is 1. The molecule has 0 fully saturated rings. The number of ether oxygens (including phenoxy) is 2. The van der Waals surface area contributed by atoms with Crippen LogP contribution in [0.15, 0.2) is 22.7 Å². The number of nitrogens with two attached hydrogens (primary N) is 1. The van der Waals surface area contributed by atoms with E-state index in [1.165, 1.54) is 5.56 Å². The quantitative estimate of drug-likeness (QED) is 0.783. The lowest BCUT2D eigenvalue weighted by molar-refractivity contribution is 0.110. The Hall–Kier alpha value is -0.580. The Balaban J connectivity index is 2.50. The molecule has 1 aromatic rings. The average Bonchev–Trinajstić information content (AvgIpc) is 2.29. The van der Waals surface area contributed by atoms with Gasteiger partial charge in [0, 0.05) is 11.1 Å². The van der Waals surface area contributed by atoms with Gasteiger partial charge in [-0.3, -0.25) is 0 Å². The Bertz CT molecular complexity index is 318. The van der Waals surface area contributed by atoms with Gasteiger partial charge in [0.05, 0.1) is 6.61 Å². The standard InChI is InChI=1S/C12H18BrNO2/c1-2-15-7-8-16-11-3-4-12(13)10(9-11)5-6-14/h3-4,9H,2,5-8,14H2,1H3. The molecular formula is C12H18BrNO2. The topological polar surface area (TPSA) is 44.5 Å². The maximum atomic E-state index is 5.56. The molecule has 2 N–H and O–H groups in total. The highest BCUT2D eigenvalue weighted by Crippen LogP contribution is 2.22. The molecule has 0 aromatic heterocycles. The first-order valence-electron chi connectivity index (χ1n) is 5.47. The van der Waals surface area contributed by atoms with Gasteiger partial charge in [0.2, 0.25) is 0 Å². The van der Waals surface area contributed by atoms with Crippen LogP contribution in [0.3, 0.4) is 0 Å². The van der Waals surface area contributed by atoms with Crippen molar-refractivity contribution in [3.8, 4) is 5.75 Å². The first-order chi connectivity index (χ1) is 7.77. The second-order valence-electron chi connectivity index (χ2n) is 3.34. The highest BCUT2D eigenvalue weighted by molar-refractivity contribution is 9.10. The Morgan fingerprint density at radius 1 is 1.31 bits per heavy atom. The fraction of sp³-hybridized carbons (Fsp3) is 0.500. The molecule has 0 radical (unpaired) electrons. The van der Waals surface area contributed by atoms with E-state index in [9.17, 15) is 0 Å². The molecule has 0 aliphatic carbocycles. The zero-order chi connectivity index (χ0) is 11.8. The summed E-state index contributed by atoms with van der Waals surface area (Å²) in [5.74, 6) is 0.867. The Morgan fingerprint density at radius 3 is 2.81 bits per heavy atom. The largest absolute Gasteiger partial charge is 0.491 e. The molecule has 0 saturated heterocycles. The second kappa shape index (κ2) is 7.65. The van der Waals surface area contributed by atoms with E-state index < -0.39 is 0 Å². The zero-order valence-corrected chi connectivity index (χ0v) is 11.1. The maximum Gasteiger partial charge on any atom is 0.119 e. The Labute approximate surface area is 105 Å². The van der Waals surface area contributed by atoms with Gasteiger partial charge in [-0.05, 0) is 43.7 Å². The predicted octanol–water partition coefficient (Wildman–Crippen LogP) is 2.37. The van der Waals surface area contributed by atoms with Crippen LogP contribution in [0.25, 0.3) is 0 Å². The highest BCUT2D eigenvalue weighted by Gasteiger charge is 2.01. The first kappa shape index (κ1) is 13.5. The monoisotopic (exact) mass is 287 g/mol. The van der Waals surface area contributed by atoms with Gasteiger partial charge in [0.1, 0.15) is 12.4 Å². The molecule has 90 valence electrons. The molecule has 0 saturated carbocycles. The molecule has 3 nitrogen and oxygen atoms in total. The van der Waals surface area contributed by atoms with Crippen molar-refractivity contribution >= 4 is 15.9 Å². The number of hydrogen-bond donors (Lipinski definition) is 1. The minimum Gasteiger partial charge on any atom is -0.491 e. The van der Waals surface area contributed by atoms with Gasteiger partial charge in [-0.2, -0.15) is 0 Å². The van der Waals surface area contributed by atoms with Gasteiger partial charge in [-0.15, -0.1) is 0 Å². The maximum absolute atomic E-state index is 5.56. The van der Waals surface area contributed by atoms with Gasteiger partial charge in [-0.1, -0.05) is 15.9 Å².